The summed E-state index contributed by atoms with van der Waals surface area (Å²) in [5, 5.41) is 3.64. The molecule has 0 saturated carbocycles. The second-order valence-corrected chi connectivity index (χ2v) is 6.62. The highest BCUT2D eigenvalue weighted by Gasteiger charge is 2.09. The molecule has 0 aliphatic rings. The van der Waals surface area contributed by atoms with Crippen molar-refractivity contribution in [1.29, 1.82) is 0 Å². The van der Waals surface area contributed by atoms with Crippen molar-refractivity contribution in [2.75, 3.05) is 0 Å². The maximum atomic E-state index is 14.4. The number of carbonyl (C=O) groups is 1. The Bertz CT molecular complexity index is 1150. The van der Waals surface area contributed by atoms with E-state index in [1.807, 2.05) is 42.5 Å². The summed E-state index contributed by atoms with van der Waals surface area (Å²) in [5.41, 5.74) is 2.73. The van der Waals surface area contributed by atoms with Gasteiger partial charge in [-0.3, -0.25) is 9.78 Å². The van der Waals surface area contributed by atoms with Gasteiger partial charge in [-0.15, -0.1) is 0 Å². The number of amides is 1. The lowest BCUT2D eigenvalue weighted by Gasteiger charge is -2.10. The summed E-state index contributed by atoms with van der Waals surface area (Å²) in [4.78, 5) is 16.7. The molecule has 0 fully saturated rings. The number of nitrogens with one attached hydrogen (secondary N) is 1. The van der Waals surface area contributed by atoms with E-state index in [0.717, 1.165) is 16.5 Å². The Morgan fingerprint density at radius 1 is 0.966 bits per heavy atom. The average molecular weight is 386 g/mol. The molecule has 144 valence electrons. The molecule has 3 aromatic carbocycles. The zero-order chi connectivity index (χ0) is 20.1. The van der Waals surface area contributed by atoms with Gasteiger partial charge in [-0.25, -0.2) is 4.39 Å². The van der Waals surface area contributed by atoms with Crippen LogP contribution < -0.4 is 10.1 Å². The standard InChI is InChI=1S/C24H19FN2O2/c25-22-14-21(29-16-17-5-2-1-3-6-17)10-8-20(22)15-27-24(28)19-9-11-23-18(13-19)7-4-12-26-23/h1-14H,15-16H2,(H,27,28). The van der Waals surface area contributed by atoms with E-state index < -0.39 is 5.82 Å². The molecule has 4 nitrogen and oxygen atoms in total. The van der Waals surface area contributed by atoms with Gasteiger partial charge in [0, 0.05) is 35.3 Å². The summed E-state index contributed by atoms with van der Waals surface area (Å²) in [6.45, 7) is 0.460. The fourth-order valence-electron chi connectivity index (χ4n) is 3.00. The van der Waals surface area contributed by atoms with Crippen molar-refractivity contribution < 1.29 is 13.9 Å². The van der Waals surface area contributed by atoms with Crippen LogP contribution in [0.5, 0.6) is 5.75 Å². The van der Waals surface area contributed by atoms with Crippen LogP contribution in [-0.4, -0.2) is 10.9 Å². The summed E-state index contributed by atoms with van der Waals surface area (Å²) < 4.78 is 20.0. The van der Waals surface area contributed by atoms with Crippen LogP contribution in [0, 0.1) is 5.82 Å². The van der Waals surface area contributed by atoms with Crippen molar-refractivity contribution in [1.82, 2.24) is 10.3 Å². The number of hydrogen-bond acceptors (Lipinski definition) is 3. The third-order valence-electron chi connectivity index (χ3n) is 4.58. The highest BCUT2D eigenvalue weighted by Crippen LogP contribution is 2.19. The molecule has 0 aliphatic carbocycles. The van der Waals surface area contributed by atoms with Crippen molar-refractivity contribution in [3.05, 3.63) is 108 Å². The summed E-state index contributed by atoms with van der Waals surface area (Å²) >= 11 is 0. The Morgan fingerprint density at radius 3 is 2.66 bits per heavy atom. The highest BCUT2D eigenvalue weighted by molar-refractivity contribution is 5.97. The average Bonchev–Trinajstić information content (AvgIpc) is 2.77. The zero-order valence-electron chi connectivity index (χ0n) is 15.6. The van der Waals surface area contributed by atoms with Crippen LogP contribution in [-0.2, 0) is 13.2 Å². The minimum Gasteiger partial charge on any atom is -0.489 e. The number of nitrogens with zero attached hydrogens (tertiary/aromatic N) is 1. The normalized spacial score (nSPS) is 10.7. The predicted octanol–water partition coefficient (Wildman–Crippen LogP) is 4.88. The minimum absolute atomic E-state index is 0.0920. The van der Waals surface area contributed by atoms with Gasteiger partial charge in [-0.2, -0.15) is 0 Å². The molecular formula is C24H19FN2O2. The van der Waals surface area contributed by atoms with Crippen LogP contribution in [0.3, 0.4) is 0 Å². The van der Waals surface area contributed by atoms with Crippen molar-refractivity contribution in [3.8, 4) is 5.75 Å². The third-order valence-corrected chi connectivity index (χ3v) is 4.58. The lowest BCUT2D eigenvalue weighted by molar-refractivity contribution is 0.0950. The molecule has 1 aromatic heterocycles. The van der Waals surface area contributed by atoms with Crippen LogP contribution in [0.1, 0.15) is 21.5 Å². The van der Waals surface area contributed by atoms with Gasteiger partial charge in [-0.1, -0.05) is 42.5 Å². The molecule has 0 atom stereocenters. The summed E-state index contributed by atoms with van der Waals surface area (Å²) in [6.07, 6.45) is 1.71. The first-order valence-corrected chi connectivity index (χ1v) is 9.27. The van der Waals surface area contributed by atoms with E-state index in [1.54, 1.807) is 36.5 Å². The van der Waals surface area contributed by atoms with Crippen LogP contribution in [0.2, 0.25) is 0 Å². The van der Waals surface area contributed by atoms with Crippen LogP contribution in [0.15, 0.2) is 85.1 Å². The Balaban J connectivity index is 1.38. The summed E-state index contributed by atoms with van der Waals surface area (Å²) in [7, 11) is 0. The number of carbonyl (C=O) groups excluding carboxylic acids is 1. The summed E-state index contributed by atoms with van der Waals surface area (Å²) in [5.74, 6) is -0.235. The Hall–Kier alpha value is -3.73. The zero-order valence-corrected chi connectivity index (χ0v) is 15.6. The lowest BCUT2D eigenvalue weighted by Crippen LogP contribution is -2.23. The number of fused-ring (bicyclic) bond motifs is 1. The molecule has 0 bridgehead atoms. The van der Waals surface area contributed by atoms with Gasteiger partial charge in [0.15, 0.2) is 0 Å². The molecule has 4 aromatic rings. The topological polar surface area (TPSA) is 51.2 Å². The number of aromatic nitrogens is 1. The molecule has 0 spiro atoms. The Labute approximate surface area is 168 Å². The van der Waals surface area contributed by atoms with Crippen molar-refractivity contribution in [2.45, 2.75) is 13.2 Å². The Kier molecular flexibility index (Phi) is 5.47. The number of benzene rings is 3. The molecule has 5 heteroatoms. The van der Waals surface area contributed by atoms with E-state index >= 15 is 0 Å². The molecule has 0 saturated heterocycles. The van der Waals surface area contributed by atoms with E-state index in [4.69, 9.17) is 4.74 Å². The quantitative estimate of drug-likeness (QED) is 0.514. The van der Waals surface area contributed by atoms with Crippen molar-refractivity contribution >= 4 is 16.8 Å². The molecule has 1 N–H and O–H groups in total. The highest BCUT2D eigenvalue weighted by atomic mass is 19.1. The predicted molar refractivity (Wildman–Crippen MR) is 110 cm³/mol. The van der Waals surface area contributed by atoms with E-state index in [0.29, 0.717) is 23.5 Å². The number of pyridine rings is 1. The summed E-state index contributed by atoms with van der Waals surface area (Å²) in [6, 6.07) is 23.3. The maximum absolute atomic E-state index is 14.4. The number of halogens is 1. The van der Waals surface area contributed by atoms with Crippen LogP contribution >= 0.6 is 0 Å². The second kappa shape index (κ2) is 8.52. The molecule has 29 heavy (non-hydrogen) atoms. The third kappa shape index (κ3) is 4.58. The van der Waals surface area contributed by atoms with Crippen molar-refractivity contribution in [2.24, 2.45) is 0 Å². The first kappa shape index (κ1) is 18.6. The van der Waals surface area contributed by atoms with Gasteiger partial charge in [0.25, 0.3) is 5.91 Å². The van der Waals surface area contributed by atoms with Gasteiger partial charge >= 0.3 is 0 Å². The largest absolute Gasteiger partial charge is 0.489 e. The van der Waals surface area contributed by atoms with Gasteiger partial charge in [0.2, 0.25) is 0 Å². The first-order valence-electron chi connectivity index (χ1n) is 9.27. The number of ether oxygens (including phenoxy) is 1. The van der Waals surface area contributed by atoms with Gasteiger partial charge in [-0.05, 0) is 35.9 Å². The smallest absolute Gasteiger partial charge is 0.251 e. The monoisotopic (exact) mass is 386 g/mol. The second-order valence-electron chi connectivity index (χ2n) is 6.62. The lowest BCUT2D eigenvalue weighted by atomic mass is 10.1. The molecule has 0 radical (unpaired) electrons. The number of hydrogen-bond donors (Lipinski definition) is 1. The van der Waals surface area contributed by atoms with Gasteiger partial charge in [0.05, 0.1) is 5.52 Å². The fraction of sp³-hybridized carbons (Fsp3) is 0.0833. The maximum Gasteiger partial charge on any atom is 0.251 e. The van der Waals surface area contributed by atoms with E-state index in [2.05, 4.69) is 10.3 Å². The number of rotatable bonds is 6. The molecular weight excluding hydrogens is 367 g/mol. The molecule has 1 heterocycles. The first-order chi connectivity index (χ1) is 14.2. The Morgan fingerprint density at radius 2 is 1.83 bits per heavy atom. The van der Waals surface area contributed by atoms with E-state index in [1.165, 1.54) is 6.07 Å². The molecule has 1 amide bonds. The fourth-order valence-corrected chi connectivity index (χ4v) is 3.00. The SMILES string of the molecule is O=C(NCc1ccc(OCc2ccccc2)cc1F)c1ccc2ncccc2c1. The van der Waals surface area contributed by atoms with Gasteiger partial charge < -0.3 is 10.1 Å². The van der Waals surface area contributed by atoms with Crippen LogP contribution in [0.25, 0.3) is 10.9 Å². The molecule has 4 rings (SSSR count). The van der Waals surface area contributed by atoms with Crippen molar-refractivity contribution in [3.63, 3.8) is 0 Å². The molecule has 0 aliphatic heterocycles. The molecule has 0 unspecified atom stereocenters. The van der Waals surface area contributed by atoms with Crippen LogP contribution in [0.4, 0.5) is 4.39 Å². The van der Waals surface area contributed by atoms with Gasteiger partial charge in [0.1, 0.15) is 18.2 Å². The minimum atomic E-state index is -0.418. The van der Waals surface area contributed by atoms with E-state index in [9.17, 15) is 9.18 Å². The van der Waals surface area contributed by atoms with E-state index in [-0.39, 0.29) is 12.5 Å².